The maximum absolute atomic E-state index is 11.4. The molecule has 1 saturated heterocycles. The van der Waals surface area contributed by atoms with Crippen LogP contribution in [-0.2, 0) is 18.5 Å². The van der Waals surface area contributed by atoms with Gasteiger partial charge in [0.05, 0.1) is 18.7 Å². The summed E-state index contributed by atoms with van der Waals surface area (Å²) in [5, 5.41) is 14.9. The minimum absolute atomic E-state index is 0.0244. The molecule has 1 spiro atoms. The van der Waals surface area contributed by atoms with Crippen molar-refractivity contribution in [2.24, 2.45) is 0 Å². The molecule has 1 fully saturated rings. The van der Waals surface area contributed by atoms with Crippen molar-refractivity contribution in [1.82, 2.24) is 19.8 Å². The molecule has 5 nitrogen and oxygen atoms in total. The molecule has 0 radical (unpaired) electrons. The zero-order valence-electron chi connectivity index (χ0n) is 15.2. The number of hydrogen-bond donors (Lipinski definition) is 2. The molecule has 1 aromatic heterocycles. The van der Waals surface area contributed by atoms with Crippen LogP contribution in [0.1, 0.15) is 42.8 Å². The quantitative estimate of drug-likeness (QED) is 0.895. The number of aliphatic hydroxyl groups is 1. The number of rotatable bonds is 4. The van der Waals surface area contributed by atoms with Gasteiger partial charge in [0.15, 0.2) is 0 Å². The second-order valence-electron chi connectivity index (χ2n) is 7.43. The minimum atomic E-state index is -0.373. The van der Waals surface area contributed by atoms with Crippen molar-refractivity contribution in [2.45, 2.75) is 50.4 Å². The van der Waals surface area contributed by atoms with Crippen molar-refractivity contribution in [2.75, 3.05) is 20.1 Å². The Balaban J connectivity index is 1.67. The zero-order valence-corrected chi connectivity index (χ0v) is 15.2. The van der Waals surface area contributed by atoms with Crippen molar-refractivity contribution in [3.8, 4) is 0 Å². The summed E-state index contributed by atoms with van der Waals surface area (Å²) in [5.74, 6) is 1.06. The van der Waals surface area contributed by atoms with Crippen molar-refractivity contribution in [3.05, 3.63) is 53.6 Å². The first kappa shape index (κ1) is 16.8. The van der Waals surface area contributed by atoms with Gasteiger partial charge in [-0.25, -0.2) is 4.98 Å². The Hall–Kier alpha value is -1.69. The predicted octanol–water partition coefficient (Wildman–Crippen LogP) is 2.07. The molecule has 25 heavy (non-hydrogen) atoms. The lowest BCUT2D eigenvalue weighted by Gasteiger charge is -2.40. The maximum Gasteiger partial charge on any atom is 0.122 e. The standard InChI is InChI=1S/C20H28N4O/c1-3-24-13-12-22-17(24)14-23(2)18-15-6-4-5-7-16(15)20(19(18)25)8-10-21-11-9-20/h4-7,12-13,18-19,21,25H,3,8-11,14H2,1-2H3/t18-,19+/m1/s1. The fraction of sp³-hybridized carbons (Fsp3) is 0.550. The molecular formula is C20H28N4O. The molecule has 1 aromatic carbocycles. The number of hydrogen-bond acceptors (Lipinski definition) is 4. The monoisotopic (exact) mass is 340 g/mol. The van der Waals surface area contributed by atoms with Gasteiger partial charge in [-0.3, -0.25) is 4.90 Å². The third-order valence-electron chi connectivity index (χ3n) is 6.18. The summed E-state index contributed by atoms with van der Waals surface area (Å²) in [7, 11) is 2.11. The second-order valence-corrected chi connectivity index (χ2v) is 7.43. The van der Waals surface area contributed by atoms with Crippen molar-refractivity contribution in [3.63, 3.8) is 0 Å². The first-order chi connectivity index (χ1) is 12.2. The Morgan fingerprint density at radius 1 is 1.32 bits per heavy atom. The average Bonchev–Trinajstić information content (AvgIpc) is 3.18. The van der Waals surface area contributed by atoms with Gasteiger partial charge in [0.2, 0.25) is 0 Å². The van der Waals surface area contributed by atoms with Crippen LogP contribution in [0.25, 0.3) is 0 Å². The van der Waals surface area contributed by atoms with Gasteiger partial charge >= 0.3 is 0 Å². The van der Waals surface area contributed by atoms with Crippen LogP contribution in [-0.4, -0.2) is 45.8 Å². The Morgan fingerprint density at radius 2 is 2.08 bits per heavy atom. The van der Waals surface area contributed by atoms with E-state index in [0.29, 0.717) is 0 Å². The lowest BCUT2D eigenvalue weighted by atomic mass is 9.72. The number of likely N-dealkylation sites (N-methyl/N-ethyl adjacent to an activating group) is 1. The molecule has 2 aromatic rings. The third kappa shape index (κ3) is 2.62. The molecule has 0 amide bonds. The van der Waals surface area contributed by atoms with E-state index in [-0.39, 0.29) is 17.6 Å². The van der Waals surface area contributed by atoms with Crippen LogP contribution in [0.5, 0.6) is 0 Å². The number of aromatic nitrogens is 2. The van der Waals surface area contributed by atoms with Gasteiger partial charge in [-0.15, -0.1) is 0 Å². The maximum atomic E-state index is 11.4. The van der Waals surface area contributed by atoms with E-state index in [0.717, 1.165) is 44.8 Å². The van der Waals surface area contributed by atoms with E-state index in [2.05, 4.69) is 58.0 Å². The Kier molecular flexibility index (Phi) is 4.40. The highest BCUT2D eigenvalue weighted by Gasteiger charge is 2.52. The van der Waals surface area contributed by atoms with Gasteiger partial charge < -0.3 is 15.0 Å². The largest absolute Gasteiger partial charge is 0.390 e. The van der Waals surface area contributed by atoms with Gasteiger partial charge in [-0.05, 0) is 51.0 Å². The molecule has 0 unspecified atom stereocenters. The molecule has 4 rings (SSSR count). The molecule has 0 bridgehead atoms. The minimum Gasteiger partial charge on any atom is -0.390 e. The summed E-state index contributed by atoms with van der Waals surface area (Å²) in [5.41, 5.74) is 2.52. The van der Waals surface area contributed by atoms with Gasteiger partial charge in [0.25, 0.3) is 0 Å². The van der Waals surface area contributed by atoms with E-state index in [1.807, 2.05) is 12.4 Å². The number of imidazole rings is 1. The highest BCUT2D eigenvalue weighted by molar-refractivity contribution is 5.45. The van der Waals surface area contributed by atoms with E-state index < -0.39 is 0 Å². The first-order valence-corrected chi connectivity index (χ1v) is 9.36. The van der Waals surface area contributed by atoms with E-state index in [1.165, 1.54) is 11.1 Å². The number of piperidine rings is 1. The number of fused-ring (bicyclic) bond motifs is 2. The van der Waals surface area contributed by atoms with Crippen LogP contribution in [0, 0.1) is 0 Å². The van der Waals surface area contributed by atoms with Crippen LogP contribution in [0.2, 0.25) is 0 Å². The fourth-order valence-electron chi connectivity index (χ4n) is 4.86. The van der Waals surface area contributed by atoms with Gasteiger partial charge in [0.1, 0.15) is 5.82 Å². The van der Waals surface area contributed by atoms with Crippen LogP contribution in [0.3, 0.4) is 0 Å². The van der Waals surface area contributed by atoms with Crippen LogP contribution >= 0.6 is 0 Å². The topological polar surface area (TPSA) is 53.3 Å². The molecule has 2 heterocycles. The lowest BCUT2D eigenvalue weighted by Crippen LogP contribution is -2.48. The number of benzene rings is 1. The van der Waals surface area contributed by atoms with Gasteiger partial charge in [-0.1, -0.05) is 24.3 Å². The summed E-state index contributed by atoms with van der Waals surface area (Å²) < 4.78 is 2.17. The van der Waals surface area contributed by atoms with Gasteiger partial charge in [-0.2, -0.15) is 0 Å². The third-order valence-corrected chi connectivity index (χ3v) is 6.18. The molecule has 1 aliphatic heterocycles. The summed E-state index contributed by atoms with van der Waals surface area (Å²) in [6, 6.07) is 8.66. The molecular weight excluding hydrogens is 312 g/mol. The lowest BCUT2D eigenvalue weighted by molar-refractivity contribution is 0.00326. The molecule has 2 atom stereocenters. The van der Waals surface area contributed by atoms with Crippen molar-refractivity contribution < 1.29 is 5.11 Å². The first-order valence-electron chi connectivity index (χ1n) is 9.36. The molecule has 134 valence electrons. The molecule has 2 aliphatic rings. The molecule has 0 saturated carbocycles. The SMILES string of the molecule is CCn1ccnc1CN(C)[C@@H]1c2ccccc2C2(CCNCC2)[C@H]1O. The number of aryl methyl sites for hydroxylation is 1. The Morgan fingerprint density at radius 3 is 2.84 bits per heavy atom. The predicted molar refractivity (Wildman–Crippen MR) is 98.3 cm³/mol. The number of aliphatic hydroxyl groups excluding tert-OH is 1. The molecule has 1 aliphatic carbocycles. The van der Waals surface area contributed by atoms with Crippen LogP contribution in [0.15, 0.2) is 36.7 Å². The van der Waals surface area contributed by atoms with Crippen LogP contribution < -0.4 is 5.32 Å². The Labute approximate surface area is 149 Å². The normalized spacial score (nSPS) is 24.8. The van der Waals surface area contributed by atoms with Crippen molar-refractivity contribution in [1.29, 1.82) is 0 Å². The smallest absolute Gasteiger partial charge is 0.122 e. The second kappa shape index (κ2) is 6.56. The van der Waals surface area contributed by atoms with E-state index >= 15 is 0 Å². The Bertz CT molecular complexity index is 735. The van der Waals surface area contributed by atoms with E-state index in [4.69, 9.17) is 0 Å². The van der Waals surface area contributed by atoms with E-state index in [9.17, 15) is 5.11 Å². The average molecular weight is 340 g/mol. The highest BCUT2D eigenvalue weighted by atomic mass is 16.3. The number of nitrogens with zero attached hydrogens (tertiary/aromatic N) is 3. The summed E-state index contributed by atoms with van der Waals surface area (Å²) in [6.45, 7) is 5.74. The molecule has 5 heteroatoms. The number of nitrogens with one attached hydrogen (secondary N) is 1. The fourth-order valence-corrected chi connectivity index (χ4v) is 4.86. The zero-order chi connectivity index (χ0) is 17.4. The van der Waals surface area contributed by atoms with Gasteiger partial charge in [0, 0.05) is 24.4 Å². The highest BCUT2D eigenvalue weighted by Crippen LogP contribution is 2.51. The summed E-state index contributed by atoms with van der Waals surface area (Å²) in [4.78, 5) is 6.79. The van der Waals surface area contributed by atoms with Crippen molar-refractivity contribution >= 4 is 0 Å². The molecule has 2 N–H and O–H groups in total. The summed E-state index contributed by atoms with van der Waals surface area (Å²) in [6.07, 6.45) is 5.51. The summed E-state index contributed by atoms with van der Waals surface area (Å²) >= 11 is 0. The van der Waals surface area contributed by atoms with Crippen LogP contribution in [0.4, 0.5) is 0 Å². The van der Waals surface area contributed by atoms with E-state index in [1.54, 1.807) is 0 Å².